The number of carbonyl (C=O) groups is 2. The van der Waals surface area contributed by atoms with Crippen LogP contribution in [0.25, 0.3) is 0 Å². The molecule has 0 unspecified atom stereocenters. The summed E-state index contributed by atoms with van der Waals surface area (Å²) < 4.78 is 0.876. The van der Waals surface area contributed by atoms with Crippen molar-refractivity contribution in [2.24, 2.45) is 0 Å². The Kier molecular flexibility index (Phi) is 4.44. The average molecular weight is 338 g/mol. The molecule has 1 heterocycles. The van der Waals surface area contributed by atoms with Crippen molar-refractivity contribution in [3.05, 3.63) is 34.8 Å². The minimum Gasteiger partial charge on any atom is -0.334 e. The molecule has 2 rings (SSSR count). The molecule has 6 heteroatoms. The predicted molar refractivity (Wildman–Crippen MR) is 83.1 cm³/mol. The molecule has 0 saturated heterocycles. The van der Waals surface area contributed by atoms with E-state index in [2.05, 4.69) is 33.1 Å². The maximum Gasteiger partial charge on any atom is 0.319 e. The molecule has 0 radical (unpaired) electrons. The Morgan fingerprint density at radius 3 is 2.90 bits per heavy atom. The van der Waals surface area contributed by atoms with E-state index < -0.39 is 0 Å². The largest absolute Gasteiger partial charge is 0.334 e. The molecular formula is C14H16BrN3O2. The van der Waals surface area contributed by atoms with Gasteiger partial charge in [0.1, 0.15) is 0 Å². The zero-order valence-electron chi connectivity index (χ0n) is 11.2. The Morgan fingerprint density at radius 1 is 1.50 bits per heavy atom. The number of nitrogens with zero attached hydrogens (tertiary/aromatic N) is 1. The maximum atomic E-state index is 11.8. The summed E-state index contributed by atoms with van der Waals surface area (Å²) in [7, 11) is 0. The molecule has 0 aliphatic carbocycles. The van der Waals surface area contributed by atoms with Gasteiger partial charge in [0.2, 0.25) is 5.91 Å². The van der Waals surface area contributed by atoms with Crippen LogP contribution in [0, 0.1) is 0 Å². The second kappa shape index (κ2) is 6.09. The third-order valence-corrected chi connectivity index (χ3v) is 3.52. The van der Waals surface area contributed by atoms with Crippen LogP contribution < -0.4 is 15.5 Å². The van der Waals surface area contributed by atoms with Crippen molar-refractivity contribution in [1.29, 1.82) is 0 Å². The summed E-state index contributed by atoms with van der Waals surface area (Å²) in [6.07, 6.45) is 2.39. The number of urea groups is 1. The van der Waals surface area contributed by atoms with Crippen LogP contribution in [0.5, 0.6) is 0 Å². The van der Waals surface area contributed by atoms with Crippen molar-refractivity contribution < 1.29 is 9.59 Å². The Labute approximate surface area is 126 Å². The predicted octanol–water partition coefficient (Wildman–Crippen LogP) is 2.67. The summed E-state index contributed by atoms with van der Waals surface area (Å²) >= 11 is 3.42. The van der Waals surface area contributed by atoms with E-state index in [-0.39, 0.29) is 11.9 Å². The van der Waals surface area contributed by atoms with Crippen LogP contribution in [0.3, 0.4) is 0 Å². The van der Waals surface area contributed by atoms with Gasteiger partial charge in [-0.1, -0.05) is 22.0 Å². The Morgan fingerprint density at radius 2 is 2.25 bits per heavy atom. The molecule has 5 nitrogen and oxygen atoms in total. The summed E-state index contributed by atoms with van der Waals surface area (Å²) in [5.41, 5.74) is 2.46. The molecule has 1 aromatic rings. The molecule has 20 heavy (non-hydrogen) atoms. The van der Waals surface area contributed by atoms with E-state index in [4.69, 9.17) is 0 Å². The molecule has 0 bridgehead atoms. The summed E-state index contributed by atoms with van der Waals surface area (Å²) in [6.45, 7) is 6.10. The van der Waals surface area contributed by atoms with Gasteiger partial charge in [-0.05, 0) is 24.1 Å². The van der Waals surface area contributed by atoms with E-state index in [1.807, 2.05) is 6.07 Å². The fourth-order valence-electron chi connectivity index (χ4n) is 2.25. The van der Waals surface area contributed by atoms with Gasteiger partial charge < -0.3 is 15.5 Å². The second-order valence-electron chi connectivity index (χ2n) is 4.51. The monoisotopic (exact) mass is 337 g/mol. The standard InChI is InChI=1S/C14H16BrN3O2/c1-3-5-16-14(20)17-12-8-11(15)7-10-4-6-18(9(2)19)13(10)12/h3,7-8H,1,4-6H2,2H3,(H2,16,17,20). The SMILES string of the molecule is C=CCNC(=O)Nc1cc(Br)cc2c1N(C(C)=O)CC2. The molecule has 106 valence electrons. The molecular weight excluding hydrogens is 322 g/mol. The fourth-order valence-corrected chi connectivity index (χ4v) is 2.76. The number of fused-ring (bicyclic) bond motifs is 1. The van der Waals surface area contributed by atoms with Gasteiger partial charge in [0, 0.05) is 24.5 Å². The Balaban J connectivity index is 2.31. The molecule has 1 aliphatic heterocycles. The van der Waals surface area contributed by atoms with Gasteiger partial charge in [-0.3, -0.25) is 4.79 Å². The second-order valence-corrected chi connectivity index (χ2v) is 5.42. The van der Waals surface area contributed by atoms with Crippen molar-refractivity contribution in [2.45, 2.75) is 13.3 Å². The van der Waals surface area contributed by atoms with Crippen LogP contribution >= 0.6 is 15.9 Å². The van der Waals surface area contributed by atoms with E-state index in [0.29, 0.717) is 18.8 Å². The highest BCUT2D eigenvalue weighted by molar-refractivity contribution is 9.10. The smallest absolute Gasteiger partial charge is 0.319 e. The van der Waals surface area contributed by atoms with Gasteiger partial charge in [-0.25, -0.2) is 4.79 Å². The number of nitrogens with one attached hydrogen (secondary N) is 2. The van der Waals surface area contributed by atoms with E-state index in [0.717, 1.165) is 22.1 Å². The van der Waals surface area contributed by atoms with E-state index in [1.165, 1.54) is 6.92 Å². The van der Waals surface area contributed by atoms with Crippen LogP contribution in [-0.2, 0) is 11.2 Å². The third-order valence-electron chi connectivity index (χ3n) is 3.06. The highest BCUT2D eigenvalue weighted by Crippen LogP contribution is 2.38. The molecule has 2 N–H and O–H groups in total. The van der Waals surface area contributed by atoms with Gasteiger partial charge in [-0.15, -0.1) is 6.58 Å². The quantitative estimate of drug-likeness (QED) is 0.833. The van der Waals surface area contributed by atoms with Crippen LogP contribution in [0.2, 0.25) is 0 Å². The number of halogens is 1. The highest BCUT2D eigenvalue weighted by Gasteiger charge is 2.26. The first-order valence-corrected chi connectivity index (χ1v) is 7.08. The minimum absolute atomic E-state index is 0.0272. The van der Waals surface area contributed by atoms with Gasteiger partial charge in [0.05, 0.1) is 11.4 Å². The summed E-state index contributed by atoms with van der Waals surface area (Å²) in [5, 5.41) is 5.43. The third kappa shape index (κ3) is 3.01. The number of amides is 3. The summed E-state index contributed by atoms with van der Waals surface area (Å²) in [5.74, 6) is -0.0272. The normalized spacial score (nSPS) is 12.8. The Hall–Kier alpha value is -1.82. The lowest BCUT2D eigenvalue weighted by Crippen LogP contribution is -2.31. The number of hydrogen-bond acceptors (Lipinski definition) is 2. The van der Waals surface area contributed by atoms with Gasteiger partial charge >= 0.3 is 6.03 Å². The van der Waals surface area contributed by atoms with Crippen molar-refractivity contribution in [2.75, 3.05) is 23.3 Å². The first-order valence-electron chi connectivity index (χ1n) is 6.29. The van der Waals surface area contributed by atoms with Gasteiger partial charge in [-0.2, -0.15) is 0 Å². The number of anilines is 2. The fraction of sp³-hybridized carbons (Fsp3) is 0.286. The van der Waals surface area contributed by atoms with Crippen LogP contribution in [0.15, 0.2) is 29.3 Å². The number of carbonyl (C=O) groups excluding carboxylic acids is 2. The van der Waals surface area contributed by atoms with Crippen molar-refractivity contribution >= 4 is 39.2 Å². The van der Waals surface area contributed by atoms with Crippen LogP contribution in [-0.4, -0.2) is 25.0 Å². The molecule has 0 fully saturated rings. The van der Waals surface area contributed by atoms with Gasteiger partial charge in [0.15, 0.2) is 0 Å². The van der Waals surface area contributed by atoms with Crippen molar-refractivity contribution in [3.8, 4) is 0 Å². The number of benzene rings is 1. The lowest BCUT2D eigenvalue weighted by Gasteiger charge is -2.19. The average Bonchev–Trinajstić information content (AvgIpc) is 2.80. The Bertz CT molecular complexity index is 572. The summed E-state index contributed by atoms with van der Waals surface area (Å²) in [6, 6.07) is 3.46. The molecule has 0 atom stereocenters. The van der Waals surface area contributed by atoms with E-state index in [1.54, 1.807) is 17.0 Å². The topological polar surface area (TPSA) is 61.4 Å². The van der Waals surface area contributed by atoms with Crippen LogP contribution in [0.1, 0.15) is 12.5 Å². The van der Waals surface area contributed by atoms with Crippen LogP contribution in [0.4, 0.5) is 16.2 Å². The molecule has 1 aromatic carbocycles. The summed E-state index contributed by atoms with van der Waals surface area (Å²) in [4.78, 5) is 25.1. The molecule has 3 amide bonds. The molecule has 1 aliphatic rings. The first kappa shape index (κ1) is 14.6. The lowest BCUT2D eigenvalue weighted by molar-refractivity contribution is -0.116. The lowest BCUT2D eigenvalue weighted by atomic mass is 10.1. The zero-order chi connectivity index (χ0) is 14.7. The zero-order valence-corrected chi connectivity index (χ0v) is 12.8. The molecule has 0 aromatic heterocycles. The number of rotatable bonds is 3. The van der Waals surface area contributed by atoms with Crippen molar-refractivity contribution in [3.63, 3.8) is 0 Å². The van der Waals surface area contributed by atoms with E-state index in [9.17, 15) is 9.59 Å². The first-order chi connectivity index (χ1) is 9.52. The minimum atomic E-state index is -0.319. The molecule has 0 saturated carbocycles. The van der Waals surface area contributed by atoms with Gasteiger partial charge in [0.25, 0.3) is 0 Å². The molecule has 0 spiro atoms. The van der Waals surface area contributed by atoms with E-state index >= 15 is 0 Å². The highest BCUT2D eigenvalue weighted by atomic mass is 79.9. The maximum absolute atomic E-state index is 11.8. The van der Waals surface area contributed by atoms with Crippen molar-refractivity contribution in [1.82, 2.24) is 5.32 Å². The number of hydrogen-bond donors (Lipinski definition) is 2.